The second-order valence-corrected chi connectivity index (χ2v) is 10.5. The molecule has 5 heteroatoms. The zero-order chi connectivity index (χ0) is 26.5. The lowest BCUT2D eigenvalue weighted by molar-refractivity contribution is 0.0956. The van der Waals surface area contributed by atoms with Gasteiger partial charge in [-0.05, 0) is 60.4 Å². The zero-order valence-electron chi connectivity index (χ0n) is 22.1. The van der Waals surface area contributed by atoms with E-state index in [0.29, 0.717) is 39.5 Å². The summed E-state index contributed by atoms with van der Waals surface area (Å²) in [4.78, 5) is 18.3. The van der Waals surface area contributed by atoms with Crippen LogP contribution >= 0.6 is 11.6 Å². The van der Waals surface area contributed by atoms with Crippen LogP contribution in [0.5, 0.6) is 0 Å². The van der Waals surface area contributed by atoms with Gasteiger partial charge in [0.05, 0.1) is 27.5 Å². The summed E-state index contributed by atoms with van der Waals surface area (Å²) in [6, 6.07) is 24.3. The second kappa shape index (κ2) is 11.9. The average molecular weight is 524 g/mol. The van der Waals surface area contributed by atoms with Crippen LogP contribution in [-0.4, -0.2) is 16.6 Å². The SMILES string of the molecule is CC/C(=N/NC(=O)c1cc(-c2ccc(CC)cc2)nc2c(Cl)cccc12)c1ccc(C2CCCCC2)cc1. The Bertz CT molecular complexity index is 1450. The van der Waals surface area contributed by atoms with Crippen LogP contribution in [0, 0.1) is 0 Å². The van der Waals surface area contributed by atoms with Gasteiger partial charge in [-0.3, -0.25) is 4.79 Å². The highest BCUT2D eigenvalue weighted by Gasteiger charge is 2.17. The summed E-state index contributed by atoms with van der Waals surface area (Å²) in [6.07, 6.45) is 8.22. The molecule has 5 rings (SSSR count). The molecule has 0 unspecified atom stereocenters. The van der Waals surface area contributed by atoms with E-state index in [0.717, 1.165) is 23.3 Å². The van der Waals surface area contributed by atoms with Crippen LogP contribution in [0.2, 0.25) is 5.02 Å². The van der Waals surface area contributed by atoms with Crippen LogP contribution in [0.4, 0.5) is 0 Å². The number of carbonyl (C=O) groups excluding carboxylic acids is 1. The molecule has 3 aromatic carbocycles. The number of amides is 1. The first kappa shape index (κ1) is 26.1. The van der Waals surface area contributed by atoms with Gasteiger partial charge in [-0.2, -0.15) is 5.10 Å². The molecule has 1 aliphatic rings. The maximum atomic E-state index is 13.5. The smallest absolute Gasteiger partial charge is 0.267 e. The van der Waals surface area contributed by atoms with E-state index < -0.39 is 0 Å². The Hall–Kier alpha value is -3.50. The lowest BCUT2D eigenvalue weighted by Crippen LogP contribution is -2.20. The Labute approximate surface area is 230 Å². The van der Waals surface area contributed by atoms with Crippen molar-refractivity contribution in [2.75, 3.05) is 0 Å². The molecule has 1 fully saturated rings. The number of rotatable bonds is 7. The van der Waals surface area contributed by atoms with E-state index in [1.165, 1.54) is 43.2 Å². The van der Waals surface area contributed by atoms with Gasteiger partial charge in [-0.25, -0.2) is 10.4 Å². The highest BCUT2D eigenvalue weighted by molar-refractivity contribution is 6.35. The maximum absolute atomic E-state index is 13.5. The zero-order valence-corrected chi connectivity index (χ0v) is 22.9. The number of aromatic nitrogens is 1. The molecular formula is C33H34ClN3O. The number of fused-ring (bicyclic) bond motifs is 1. The summed E-state index contributed by atoms with van der Waals surface area (Å²) in [7, 11) is 0. The lowest BCUT2D eigenvalue weighted by Gasteiger charge is -2.22. The van der Waals surface area contributed by atoms with E-state index in [4.69, 9.17) is 16.6 Å². The van der Waals surface area contributed by atoms with Crippen molar-refractivity contribution in [1.29, 1.82) is 0 Å². The number of hydrogen-bond acceptors (Lipinski definition) is 3. The number of nitrogens with zero attached hydrogens (tertiary/aromatic N) is 2. The van der Waals surface area contributed by atoms with Gasteiger partial charge in [0, 0.05) is 10.9 Å². The van der Waals surface area contributed by atoms with E-state index in [1.807, 2.05) is 30.3 Å². The molecule has 4 nitrogen and oxygen atoms in total. The summed E-state index contributed by atoms with van der Waals surface area (Å²) < 4.78 is 0. The molecule has 38 heavy (non-hydrogen) atoms. The van der Waals surface area contributed by atoms with Crippen LogP contribution in [0.1, 0.15) is 85.3 Å². The average Bonchev–Trinajstić information content (AvgIpc) is 2.98. The van der Waals surface area contributed by atoms with Crippen molar-refractivity contribution in [3.05, 3.63) is 100 Å². The fraction of sp³-hybridized carbons (Fsp3) is 0.303. The number of aryl methyl sites for hydroxylation is 1. The Balaban J connectivity index is 1.43. The number of pyridine rings is 1. The molecule has 0 atom stereocenters. The third-order valence-electron chi connectivity index (χ3n) is 7.64. The fourth-order valence-electron chi connectivity index (χ4n) is 5.37. The maximum Gasteiger partial charge on any atom is 0.272 e. The van der Waals surface area contributed by atoms with Gasteiger partial charge in [-0.1, -0.05) is 105 Å². The Morgan fingerprint density at radius 2 is 1.71 bits per heavy atom. The molecule has 1 amide bonds. The molecule has 4 aromatic rings. The van der Waals surface area contributed by atoms with E-state index >= 15 is 0 Å². The Morgan fingerprint density at radius 3 is 2.39 bits per heavy atom. The van der Waals surface area contributed by atoms with Crippen LogP contribution in [0.3, 0.4) is 0 Å². The van der Waals surface area contributed by atoms with Crippen molar-refractivity contribution in [2.45, 2.75) is 64.7 Å². The molecule has 1 aromatic heterocycles. The van der Waals surface area contributed by atoms with E-state index in [-0.39, 0.29) is 5.91 Å². The molecule has 1 saturated carbocycles. The third-order valence-corrected chi connectivity index (χ3v) is 7.95. The molecule has 0 bridgehead atoms. The number of carbonyl (C=O) groups is 1. The molecule has 0 spiro atoms. The van der Waals surface area contributed by atoms with Gasteiger partial charge in [0.2, 0.25) is 0 Å². The number of hydrazone groups is 1. The van der Waals surface area contributed by atoms with Crippen LogP contribution < -0.4 is 5.43 Å². The highest BCUT2D eigenvalue weighted by atomic mass is 35.5. The largest absolute Gasteiger partial charge is 0.272 e. The molecule has 1 aliphatic carbocycles. The molecule has 0 saturated heterocycles. The van der Waals surface area contributed by atoms with Crippen LogP contribution in [0.15, 0.2) is 77.9 Å². The highest BCUT2D eigenvalue weighted by Crippen LogP contribution is 2.33. The number of hydrogen-bond donors (Lipinski definition) is 1. The van der Waals surface area contributed by atoms with Crippen molar-refractivity contribution in [3.8, 4) is 11.3 Å². The van der Waals surface area contributed by atoms with Crippen molar-refractivity contribution >= 4 is 34.1 Å². The lowest BCUT2D eigenvalue weighted by atomic mass is 9.84. The summed E-state index contributed by atoms with van der Waals surface area (Å²) >= 11 is 6.52. The summed E-state index contributed by atoms with van der Waals surface area (Å²) in [5.41, 5.74) is 10.1. The molecular weight excluding hydrogens is 490 g/mol. The van der Waals surface area contributed by atoms with Crippen molar-refractivity contribution in [2.24, 2.45) is 5.10 Å². The second-order valence-electron chi connectivity index (χ2n) is 10.1. The van der Waals surface area contributed by atoms with Gasteiger partial charge in [-0.15, -0.1) is 0 Å². The number of benzene rings is 3. The topological polar surface area (TPSA) is 54.4 Å². The first-order chi connectivity index (χ1) is 18.6. The minimum Gasteiger partial charge on any atom is -0.267 e. The first-order valence-corrected chi connectivity index (χ1v) is 14.1. The van der Waals surface area contributed by atoms with Crippen LogP contribution in [-0.2, 0) is 6.42 Å². The van der Waals surface area contributed by atoms with E-state index in [2.05, 4.69) is 60.8 Å². The predicted molar refractivity (Wildman–Crippen MR) is 158 cm³/mol. The van der Waals surface area contributed by atoms with Crippen molar-refractivity contribution in [3.63, 3.8) is 0 Å². The third kappa shape index (κ3) is 5.66. The van der Waals surface area contributed by atoms with Gasteiger partial charge in [0.15, 0.2) is 0 Å². The number of halogens is 1. The Morgan fingerprint density at radius 1 is 0.974 bits per heavy atom. The van der Waals surface area contributed by atoms with Gasteiger partial charge >= 0.3 is 0 Å². The van der Waals surface area contributed by atoms with E-state index in [1.54, 1.807) is 6.07 Å². The van der Waals surface area contributed by atoms with Gasteiger partial charge in [0.25, 0.3) is 5.91 Å². The van der Waals surface area contributed by atoms with Gasteiger partial charge in [0.1, 0.15) is 0 Å². The minimum absolute atomic E-state index is 0.282. The predicted octanol–water partition coefficient (Wildman–Crippen LogP) is 8.71. The summed E-state index contributed by atoms with van der Waals surface area (Å²) in [6.45, 7) is 4.18. The standard InChI is InChI=1S/C33H34ClN3O/c1-3-22-13-15-26(16-14-22)31-21-28(27-11-8-12-29(34)32(27)35-31)33(38)37-36-30(4-2)25-19-17-24(18-20-25)23-9-6-5-7-10-23/h8,11-21,23H,3-7,9-10H2,1-2H3,(H,37,38)/b36-30-. The summed E-state index contributed by atoms with van der Waals surface area (Å²) in [5, 5.41) is 5.77. The van der Waals surface area contributed by atoms with Crippen molar-refractivity contribution in [1.82, 2.24) is 10.4 Å². The molecule has 0 radical (unpaired) electrons. The fourth-order valence-corrected chi connectivity index (χ4v) is 5.59. The van der Waals surface area contributed by atoms with Crippen molar-refractivity contribution < 1.29 is 4.79 Å². The van der Waals surface area contributed by atoms with Gasteiger partial charge < -0.3 is 0 Å². The molecule has 194 valence electrons. The van der Waals surface area contributed by atoms with Crippen LogP contribution in [0.25, 0.3) is 22.2 Å². The summed E-state index contributed by atoms with van der Waals surface area (Å²) in [5.74, 6) is 0.384. The normalized spacial score (nSPS) is 14.6. The quantitative estimate of drug-likeness (QED) is 0.194. The molecule has 0 aliphatic heterocycles. The first-order valence-electron chi connectivity index (χ1n) is 13.7. The molecule has 1 N–H and O–H groups in total. The van der Waals surface area contributed by atoms with E-state index in [9.17, 15) is 4.79 Å². The Kier molecular flexibility index (Phi) is 8.19. The number of para-hydroxylation sites is 1. The monoisotopic (exact) mass is 523 g/mol. The minimum atomic E-state index is -0.282. The molecule has 1 heterocycles. The number of nitrogens with one attached hydrogen (secondary N) is 1.